The van der Waals surface area contributed by atoms with Crippen LogP contribution in [0, 0.1) is 0 Å². The lowest BCUT2D eigenvalue weighted by Crippen LogP contribution is -2.36. The highest BCUT2D eigenvalue weighted by atomic mass is 16.2. The first kappa shape index (κ1) is 12.0. The Morgan fingerprint density at radius 3 is 2.53 bits per heavy atom. The topological polar surface area (TPSA) is 47.2 Å². The third kappa shape index (κ3) is 2.43. The normalized spacial score (nSPS) is 14.9. The summed E-state index contributed by atoms with van der Waals surface area (Å²) in [5, 5.41) is 0. The molecule has 1 aromatic heterocycles. The van der Waals surface area contributed by atoms with Gasteiger partial charge in [0.2, 0.25) is 5.91 Å². The fraction of sp³-hybridized carbons (Fsp3) is 0.667. The summed E-state index contributed by atoms with van der Waals surface area (Å²) in [7, 11) is 0. The average Bonchev–Trinajstić information content (AvgIpc) is 3.08. The maximum atomic E-state index is 11.9. The molecule has 1 fully saturated rings. The minimum absolute atomic E-state index is 0.00523. The monoisotopic (exact) mass is 237 g/mol. The minimum atomic E-state index is -0.0620. The van der Waals surface area contributed by atoms with E-state index in [0.717, 1.165) is 12.8 Å². The second-order valence-corrected chi connectivity index (χ2v) is 4.41. The molecule has 0 spiro atoms. The number of hydrogen-bond donors (Lipinski definition) is 0. The molecule has 5 heteroatoms. The molecule has 5 nitrogen and oxygen atoms in total. The van der Waals surface area contributed by atoms with E-state index in [4.69, 9.17) is 0 Å². The molecule has 1 aliphatic rings. The largest absolute Gasteiger partial charge is 0.342 e. The van der Waals surface area contributed by atoms with Gasteiger partial charge in [0.25, 0.3) is 0 Å². The SMILES string of the molecule is CCN(CC)C(=O)Cn1ccn(C2CC2)c1=O. The summed E-state index contributed by atoms with van der Waals surface area (Å²) in [6.45, 7) is 5.42. The number of imidazole rings is 1. The highest BCUT2D eigenvalue weighted by molar-refractivity contribution is 5.75. The standard InChI is InChI=1S/C12H19N3O2/c1-3-13(4-2)11(16)9-14-7-8-15(12(14)17)10-5-6-10/h7-8,10H,3-6,9H2,1-2H3. The molecule has 0 unspecified atom stereocenters. The molecule has 0 bridgehead atoms. The minimum Gasteiger partial charge on any atom is -0.342 e. The number of rotatable bonds is 5. The van der Waals surface area contributed by atoms with Crippen molar-refractivity contribution in [1.82, 2.24) is 14.0 Å². The molecule has 0 atom stereocenters. The Bertz CT molecular complexity index is 453. The van der Waals surface area contributed by atoms with Gasteiger partial charge in [-0.25, -0.2) is 4.79 Å². The van der Waals surface area contributed by atoms with Crippen LogP contribution >= 0.6 is 0 Å². The van der Waals surface area contributed by atoms with E-state index in [1.165, 1.54) is 4.57 Å². The second kappa shape index (κ2) is 4.77. The van der Waals surface area contributed by atoms with Crippen LogP contribution in [0.5, 0.6) is 0 Å². The third-order valence-electron chi connectivity index (χ3n) is 3.24. The number of nitrogens with zero attached hydrogens (tertiary/aromatic N) is 3. The van der Waals surface area contributed by atoms with Crippen LogP contribution in [0.1, 0.15) is 32.7 Å². The molecule has 1 saturated carbocycles. The van der Waals surface area contributed by atoms with E-state index in [2.05, 4.69) is 0 Å². The third-order valence-corrected chi connectivity index (χ3v) is 3.24. The number of likely N-dealkylation sites (N-methyl/N-ethyl adjacent to an activating group) is 1. The molecule has 17 heavy (non-hydrogen) atoms. The number of aromatic nitrogens is 2. The van der Waals surface area contributed by atoms with Gasteiger partial charge in [-0.05, 0) is 26.7 Å². The van der Waals surface area contributed by atoms with Gasteiger partial charge < -0.3 is 4.90 Å². The van der Waals surface area contributed by atoms with Crippen LogP contribution in [0.25, 0.3) is 0 Å². The zero-order valence-corrected chi connectivity index (χ0v) is 10.4. The fourth-order valence-electron chi connectivity index (χ4n) is 2.00. The average molecular weight is 237 g/mol. The van der Waals surface area contributed by atoms with Crippen molar-refractivity contribution in [2.45, 2.75) is 39.3 Å². The summed E-state index contributed by atoms with van der Waals surface area (Å²) in [6.07, 6.45) is 5.65. The molecule has 1 amide bonds. The van der Waals surface area contributed by atoms with Gasteiger partial charge in [-0.2, -0.15) is 0 Å². The lowest BCUT2D eigenvalue weighted by Gasteiger charge is -2.18. The van der Waals surface area contributed by atoms with Crippen LogP contribution in [0.4, 0.5) is 0 Å². The number of amides is 1. The van der Waals surface area contributed by atoms with Crippen LogP contribution in [-0.2, 0) is 11.3 Å². The molecule has 0 saturated heterocycles. The predicted molar refractivity (Wildman–Crippen MR) is 64.9 cm³/mol. The first-order valence-electron chi connectivity index (χ1n) is 6.22. The lowest BCUT2D eigenvalue weighted by atomic mass is 10.4. The Hall–Kier alpha value is -1.52. The zero-order chi connectivity index (χ0) is 12.4. The first-order chi connectivity index (χ1) is 8.17. The van der Waals surface area contributed by atoms with Gasteiger partial charge in [0.1, 0.15) is 6.54 Å². The van der Waals surface area contributed by atoms with Crippen molar-refractivity contribution in [2.24, 2.45) is 0 Å². The fourth-order valence-corrected chi connectivity index (χ4v) is 2.00. The maximum absolute atomic E-state index is 11.9. The van der Waals surface area contributed by atoms with E-state index in [-0.39, 0.29) is 18.1 Å². The van der Waals surface area contributed by atoms with Gasteiger partial charge in [-0.15, -0.1) is 0 Å². The lowest BCUT2D eigenvalue weighted by molar-refractivity contribution is -0.131. The van der Waals surface area contributed by atoms with Gasteiger partial charge in [0.15, 0.2) is 0 Å². The van der Waals surface area contributed by atoms with Crippen LogP contribution in [-0.4, -0.2) is 33.0 Å². The van der Waals surface area contributed by atoms with Crippen molar-refractivity contribution in [2.75, 3.05) is 13.1 Å². The molecule has 0 aromatic carbocycles. The summed E-state index contributed by atoms with van der Waals surface area (Å²) < 4.78 is 3.23. The Labute approximate surface area is 101 Å². The van der Waals surface area contributed by atoms with Crippen LogP contribution < -0.4 is 5.69 Å². The van der Waals surface area contributed by atoms with Gasteiger partial charge >= 0.3 is 5.69 Å². The Balaban J connectivity index is 2.08. The maximum Gasteiger partial charge on any atom is 0.328 e. The van der Waals surface area contributed by atoms with E-state index in [9.17, 15) is 9.59 Å². The van der Waals surface area contributed by atoms with Crippen LogP contribution in [0.2, 0.25) is 0 Å². The second-order valence-electron chi connectivity index (χ2n) is 4.41. The predicted octanol–water partition coefficient (Wildman–Crippen LogP) is 0.853. The van der Waals surface area contributed by atoms with E-state index >= 15 is 0 Å². The molecule has 0 radical (unpaired) electrons. The highest BCUT2D eigenvalue weighted by Crippen LogP contribution is 2.33. The Morgan fingerprint density at radius 1 is 1.35 bits per heavy atom. The van der Waals surface area contributed by atoms with Crippen molar-refractivity contribution in [3.05, 3.63) is 22.9 Å². The zero-order valence-electron chi connectivity index (χ0n) is 10.4. The molecule has 2 rings (SSSR count). The molecular formula is C12H19N3O2. The molecule has 94 valence electrons. The highest BCUT2D eigenvalue weighted by Gasteiger charge is 2.26. The van der Waals surface area contributed by atoms with Crippen LogP contribution in [0.3, 0.4) is 0 Å². The molecule has 1 aliphatic carbocycles. The quantitative estimate of drug-likeness (QED) is 0.762. The number of carbonyl (C=O) groups excluding carboxylic acids is 1. The van der Waals surface area contributed by atoms with E-state index < -0.39 is 0 Å². The molecule has 1 aromatic rings. The van der Waals surface area contributed by atoms with Crippen LogP contribution in [0.15, 0.2) is 17.2 Å². The molecule has 0 N–H and O–H groups in total. The molecular weight excluding hydrogens is 218 g/mol. The van der Waals surface area contributed by atoms with Crippen molar-refractivity contribution >= 4 is 5.91 Å². The first-order valence-corrected chi connectivity index (χ1v) is 6.22. The van der Waals surface area contributed by atoms with Gasteiger partial charge in [0, 0.05) is 31.5 Å². The summed E-state index contributed by atoms with van der Waals surface area (Å²) in [5.74, 6) is 0.00523. The summed E-state index contributed by atoms with van der Waals surface area (Å²) in [4.78, 5) is 25.6. The van der Waals surface area contributed by atoms with E-state index in [0.29, 0.717) is 19.1 Å². The Morgan fingerprint density at radius 2 is 2.00 bits per heavy atom. The molecule has 0 aliphatic heterocycles. The van der Waals surface area contributed by atoms with Crippen molar-refractivity contribution in [1.29, 1.82) is 0 Å². The summed E-state index contributed by atoms with van der Waals surface area (Å²) in [5.41, 5.74) is -0.0620. The number of carbonyl (C=O) groups is 1. The van der Waals surface area contributed by atoms with Gasteiger partial charge in [-0.3, -0.25) is 13.9 Å². The number of hydrogen-bond acceptors (Lipinski definition) is 2. The van der Waals surface area contributed by atoms with Crippen molar-refractivity contribution in [3.63, 3.8) is 0 Å². The summed E-state index contributed by atoms with van der Waals surface area (Å²) >= 11 is 0. The van der Waals surface area contributed by atoms with Gasteiger partial charge in [-0.1, -0.05) is 0 Å². The smallest absolute Gasteiger partial charge is 0.328 e. The summed E-state index contributed by atoms with van der Waals surface area (Å²) in [6, 6.07) is 0.368. The van der Waals surface area contributed by atoms with Crippen molar-refractivity contribution < 1.29 is 4.79 Å². The van der Waals surface area contributed by atoms with Gasteiger partial charge in [0.05, 0.1) is 0 Å². The molecule has 1 heterocycles. The van der Waals surface area contributed by atoms with E-state index in [1.54, 1.807) is 21.9 Å². The van der Waals surface area contributed by atoms with E-state index in [1.807, 2.05) is 13.8 Å². The van der Waals surface area contributed by atoms with Crippen molar-refractivity contribution in [3.8, 4) is 0 Å². The Kier molecular flexibility index (Phi) is 3.36.